The molecule has 1 aromatic carbocycles. The summed E-state index contributed by atoms with van der Waals surface area (Å²) in [6.45, 7) is 3.45. The minimum Gasteiger partial charge on any atom is -0.478 e. The molecular weight excluding hydrogens is 271 g/mol. The third-order valence-electron chi connectivity index (χ3n) is 3.07. The molecule has 110 valence electrons. The van der Waals surface area contributed by atoms with Gasteiger partial charge in [0.05, 0.1) is 6.04 Å². The van der Waals surface area contributed by atoms with E-state index < -0.39 is 11.9 Å². The van der Waals surface area contributed by atoms with Crippen LogP contribution in [0.15, 0.2) is 48.8 Å². The zero-order chi connectivity index (χ0) is 15.2. The topological polar surface area (TPSA) is 51.2 Å². The number of nitrogens with zero attached hydrogens (tertiary/aromatic N) is 1. The van der Waals surface area contributed by atoms with Crippen LogP contribution in [0.5, 0.6) is 5.75 Å². The number of carbonyl (C=O) groups is 1. The Bertz CT molecular complexity index is 604. The number of hydrogen-bond acceptors (Lipinski definition) is 3. The van der Waals surface area contributed by atoms with Crippen LogP contribution in [0.25, 0.3) is 0 Å². The maximum atomic E-state index is 13.5. The van der Waals surface area contributed by atoms with Crippen molar-refractivity contribution in [2.75, 3.05) is 0 Å². The van der Waals surface area contributed by atoms with Crippen LogP contribution in [0.2, 0.25) is 0 Å². The molecule has 2 aromatic rings. The second kappa shape index (κ2) is 6.83. The normalized spacial score (nSPS) is 13.3. The van der Waals surface area contributed by atoms with Crippen molar-refractivity contribution in [1.82, 2.24) is 10.3 Å². The summed E-state index contributed by atoms with van der Waals surface area (Å²) in [6, 6.07) is 9.49. The molecule has 5 heteroatoms. The summed E-state index contributed by atoms with van der Waals surface area (Å²) in [5, 5.41) is 2.82. The molecule has 4 nitrogen and oxygen atoms in total. The number of carbonyl (C=O) groups excluding carboxylic acids is 1. The molecule has 0 unspecified atom stereocenters. The van der Waals surface area contributed by atoms with E-state index in [9.17, 15) is 9.18 Å². The second-order valence-electron chi connectivity index (χ2n) is 4.70. The van der Waals surface area contributed by atoms with Crippen LogP contribution in [-0.4, -0.2) is 17.0 Å². The quantitative estimate of drug-likeness (QED) is 0.920. The van der Waals surface area contributed by atoms with Crippen molar-refractivity contribution in [3.8, 4) is 5.75 Å². The number of pyridine rings is 1. The van der Waals surface area contributed by atoms with Gasteiger partial charge in [-0.3, -0.25) is 9.78 Å². The lowest BCUT2D eigenvalue weighted by molar-refractivity contribution is -0.128. The predicted octanol–water partition coefficient (Wildman–Crippen LogP) is 2.87. The fourth-order valence-electron chi connectivity index (χ4n) is 1.85. The molecule has 0 aliphatic heterocycles. The Morgan fingerprint density at radius 2 is 1.86 bits per heavy atom. The molecule has 0 radical (unpaired) electrons. The van der Waals surface area contributed by atoms with Gasteiger partial charge in [0, 0.05) is 12.4 Å². The lowest BCUT2D eigenvalue weighted by Gasteiger charge is -2.19. The number of halogens is 1. The van der Waals surface area contributed by atoms with E-state index in [1.54, 1.807) is 31.5 Å². The van der Waals surface area contributed by atoms with Gasteiger partial charge < -0.3 is 10.1 Å². The Balaban J connectivity index is 1.95. The summed E-state index contributed by atoms with van der Waals surface area (Å²) in [7, 11) is 0. The number of amides is 1. The maximum absolute atomic E-state index is 13.5. The molecule has 0 bridgehead atoms. The molecular formula is C16H17FN2O2. The molecule has 2 rings (SSSR count). The number of nitrogens with one attached hydrogen (secondary N) is 1. The number of para-hydroxylation sites is 1. The number of benzene rings is 1. The van der Waals surface area contributed by atoms with Crippen LogP contribution in [0.4, 0.5) is 4.39 Å². The molecule has 1 N–H and O–H groups in total. The summed E-state index contributed by atoms with van der Waals surface area (Å²) < 4.78 is 18.8. The van der Waals surface area contributed by atoms with Gasteiger partial charge in [0.15, 0.2) is 17.7 Å². The summed E-state index contributed by atoms with van der Waals surface area (Å²) in [5.41, 5.74) is 0.941. The van der Waals surface area contributed by atoms with Gasteiger partial charge >= 0.3 is 0 Å². The van der Waals surface area contributed by atoms with Gasteiger partial charge in [-0.1, -0.05) is 12.1 Å². The van der Waals surface area contributed by atoms with Gasteiger partial charge in [-0.05, 0) is 43.7 Å². The first-order valence-corrected chi connectivity index (χ1v) is 6.69. The monoisotopic (exact) mass is 288 g/mol. The molecule has 0 aliphatic carbocycles. The molecule has 21 heavy (non-hydrogen) atoms. The minimum absolute atomic E-state index is 0.0664. The minimum atomic E-state index is -0.786. The predicted molar refractivity (Wildman–Crippen MR) is 77.3 cm³/mol. The molecule has 1 heterocycles. The van der Waals surface area contributed by atoms with Crippen molar-refractivity contribution in [2.45, 2.75) is 26.0 Å². The highest BCUT2D eigenvalue weighted by Crippen LogP contribution is 2.17. The SMILES string of the molecule is C[C@H](NC(=O)[C@@H](C)Oc1ccccc1F)c1ccncc1. The first-order valence-electron chi connectivity index (χ1n) is 6.69. The number of hydrogen-bond donors (Lipinski definition) is 1. The van der Waals surface area contributed by atoms with Gasteiger partial charge in [0.25, 0.3) is 5.91 Å². The van der Waals surface area contributed by atoms with E-state index in [2.05, 4.69) is 10.3 Å². The zero-order valence-corrected chi connectivity index (χ0v) is 11.9. The Morgan fingerprint density at radius 1 is 1.19 bits per heavy atom. The molecule has 2 atom stereocenters. The molecule has 1 amide bonds. The standard InChI is InChI=1S/C16H17FN2O2/c1-11(13-7-9-18-10-8-13)19-16(20)12(2)21-15-6-4-3-5-14(15)17/h3-12H,1-2H3,(H,19,20)/t11-,12+/m0/s1. The van der Waals surface area contributed by atoms with Crippen molar-refractivity contribution < 1.29 is 13.9 Å². The van der Waals surface area contributed by atoms with E-state index in [0.717, 1.165) is 5.56 Å². The van der Waals surface area contributed by atoms with Crippen LogP contribution >= 0.6 is 0 Å². The second-order valence-corrected chi connectivity index (χ2v) is 4.70. The Hall–Kier alpha value is -2.43. The van der Waals surface area contributed by atoms with E-state index >= 15 is 0 Å². The molecule has 0 fully saturated rings. The highest BCUT2D eigenvalue weighted by atomic mass is 19.1. The average molecular weight is 288 g/mol. The van der Waals surface area contributed by atoms with Crippen molar-refractivity contribution >= 4 is 5.91 Å². The highest BCUT2D eigenvalue weighted by molar-refractivity contribution is 5.81. The van der Waals surface area contributed by atoms with E-state index in [4.69, 9.17) is 4.74 Å². The molecule has 0 saturated heterocycles. The van der Waals surface area contributed by atoms with E-state index in [1.807, 2.05) is 19.1 Å². The molecule has 1 aromatic heterocycles. The van der Waals surface area contributed by atoms with Crippen LogP contribution in [-0.2, 0) is 4.79 Å². The van der Waals surface area contributed by atoms with Crippen LogP contribution in [0.1, 0.15) is 25.5 Å². The fourth-order valence-corrected chi connectivity index (χ4v) is 1.85. The van der Waals surface area contributed by atoms with E-state index in [0.29, 0.717) is 0 Å². The van der Waals surface area contributed by atoms with Gasteiger partial charge in [-0.2, -0.15) is 0 Å². The summed E-state index contributed by atoms with van der Waals surface area (Å²) in [4.78, 5) is 16.0. The third-order valence-corrected chi connectivity index (χ3v) is 3.07. The largest absolute Gasteiger partial charge is 0.478 e. The lowest BCUT2D eigenvalue weighted by atomic mass is 10.1. The van der Waals surface area contributed by atoms with Crippen LogP contribution < -0.4 is 10.1 Å². The average Bonchev–Trinajstić information content (AvgIpc) is 2.50. The van der Waals surface area contributed by atoms with Crippen LogP contribution in [0.3, 0.4) is 0 Å². The Morgan fingerprint density at radius 3 is 2.52 bits per heavy atom. The van der Waals surface area contributed by atoms with Crippen LogP contribution in [0, 0.1) is 5.82 Å². The van der Waals surface area contributed by atoms with E-state index in [-0.39, 0.29) is 17.7 Å². The highest BCUT2D eigenvalue weighted by Gasteiger charge is 2.18. The third kappa shape index (κ3) is 4.02. The lowest BCUT2D eigenvalue weighted by Crippen LogP contribution is -2.37. The van der Waals surface area contributed by atoms with Crippen molar-refractivity contribution in [3.63, 3.8) is 0 Å². The van der Waals surface area contributed by atoms with Gasteiger partial charge in [0.2, 0.25) is 0 Å². The number of aromatic nitrogens is 1. The molecule has 0 spiro atoms. The summed E-state index contributed by atoms with van der Waals surface area (Å²) >= 11 is 0. The maximum Gasteiger partial charge on any atom is 0.261 e. The molecule has 0 aliphatic rings. The number of rotatable bonds is 5. The number of ether oxygens (including phenoxy) is 1. The Labute approximate surface area is 123 Å². The van der Waals surface area contributed by atoms with Crippen molar-refractivity contribution in [1.29, 1.82) is 0 Å². The molecule has 0 saturated carbocycles. The first kappa shape index (κ1) is 15.0. The zero-order valence-electron chi connectivity index (χ0n) is 11.9. The van der Waals surface area contributed by atoms with Crippen molar-refractivity contribution in [3.05, 3.63) is 60.2 Å². The van der Waals surface area contributed by atoms with Gasteiger partial charge in [-0.25, -0.2) is 4.39 Å². The summed E-state index contributed by atoms with van der Waals surface area (Å²) in [5.74, 6) is -0.724. The smallest absolute Gasteiger partial charge is 0.261 e. The van der Waals surface area contributed by atoms with Gasteiger partial charge in [0.1, 0.15) is 0 Å². The summed E-state index contributed by atoms with van der Waals surface area (Å²) in [6.07, 6.45) is 2.54. The van der Waals surface area contributed by atoms with E-state index in [1.165, 1.54) is 12.1 Å². The first-order chi connectivity index (χ1) is 10.1. The fraction of sp³-hybridized carbons (Fsp3) is 0.250. The van der Waals surface area contributed by atoms with Crippen molar-refractivity contribution in [2.24, 2.45) is 0 Å². The van der Waals surface area contributed by atoms with Gasteiger partial charge in [-0.15, -0.1) is 0 Å². The Kier molecular flexibility index (Phi) is 4.87.